The Labute approximate surface area is 251 Å². The van der Waals surface area contributed by atoms with Crippen LogP contribution < -0.4 is 0 Å². The smallest absolute Gasteiger partial charge is 0.493 e. The molecular formula is C36H54N2Ni. The van der Waals surface area contributed by atoms with Gasteiger partial charge in [0.1, 0.15) is 0 Å². The molecule has 3 rings (SSSR count). The monoisotopic (exact) mass is 572 g/mol. The van der Waals surface area contributed by atoms with Crippen molar-refractivity contribution in [2.45, 2.75) is 121 Å². The van der Waals surface area contributed by atoms with Gasteiger partial charge in [-0.1, -0.05) is 39.5 Å². The van der Waals surface area contributed by atoms with Crippen LogP contribution in [0, 0.1) is 55.4 Å². The van der Waals surface area contributed by atoms with E-state index in [2.05, 4.69) is 93.5 Å². The molecule has 39 heavy (non-hydrogen) atoms. The van der Waals surface area contributed by atoms with Crippen molar-refractivity contribution in [2.75, 3.05) is 0 Å². The molecule has 0 N–H and O–H groups in total. The second kappa shape index (κ2) is 18.4. The summed E-state index contributed by atoms with van der Waals surface area (Å²) in [5.74, 6) is 0. The summed E-state index contributed by atoms with van der Waals surface area (Å²) in [5.41, 5.74) is 26.6. The minimum absolute atomic E-state index is 0. The Morgan fingerprint density at radius 3 is 1.23 bits per heavy atom. The van der Waals surface area contributed by atoms with Crippen LogP contribution in [0.3, 0.4) is 0 Å². The van der Waals surface area contributed by atoms with Gasteiger partial charge in [0.05, 0.1) is 0 Å². The molecular weight excluding hydrogens is 519 g/mol. The molecule has 3 heteroatoms. The summed E-state index contributed by atoms with van der Waals surface area (Å²) in [6.45, 7) is 27.6. The fourth-order valence-corrected chi connectivity index (χ4v) is 5.21. The maximum atomic E-state index is 11.8. The average molecular weight is 574 g/mol. The summed E-state index contributed by atoms with van der Waals surface area (Å²) in [6, 6.07) is 9.05. The predicted molar refractivity (Wildman–Crippen MR) is 169 cm³/mol. The van der Waals surface area contributed by atoms with Gasteiger partial charge in [-0.2, -0.15) is 13.8 Å². The third kappa shape index (κ3) is 9.01. The zero-order valence-corrected chi connectivity index (χ0v) is 27.6. The minimum Gasteiger partial charge on any atom is -0.493 e. The van der Waals surface area contributed by atoms with Gasteiger partial charge in [0, 0.05) is 22.3 Å². The normalized spacial score (nSPS) is 12.6. The fraction of sp³-hybridized carbons (Fsp3) is 0.500. The Bertz CT molecular complexity index is 1100. The molecule has 1 aliphatic rings. The van der Waals surface area contributed by atoms with Gasteiger partial charge in [-0.05, 0) is 125 Å². The van der Waals surface area contributed by atoms with Gasteiger partial charge < -0.3 is 19.4 Å². The Morgan fingerprint density at radius 2 is 0.897 bits per heavy atom. The van der Waals surface area contributed by atoms with Crippen LogP contribution in [0.2, 0.25) is 0 Å². The van der Waals surface area contributed by atoms with E-state index in [9.17, 15) is 5.53 Å². The topological polar surface area (TPSA) is 25.3 Å². The molecule has 0 spiro atoms. The summed E-state index contributed by atoms with van der Waals surface area (Å²) >= 11 is 0. The molecule has 0 amide bonds. The number of nitrogens with zero attached hydrogens (tertiary/aromatic N) is 2. The molecule has 0 aliphatic carbocycles. The zero-order chi connectivity index (χ0) is 29.0. The maximum absolute atomic E-state index is 11.8. The number of unbranched alkanes of at least 4 members (excludes halogenated alkanes) is 4. The van der Waals surface area contributed by atoms with Gasteiger partial charge in [0.2, 0.25) is 11.4 Å². The van der Waals surface area contributed by atoms with Gasteiger partial charge in [0.25, 0.3) is 0 Å². The van der Waals surface area contributed by atoms with E-state index in [0.717, 1.165) is 48.2 Å². The molecule has 2 aromatic rings. The number of hydrogen-bond acceptors (Lipinski definition) is 0. The van der Waals surface area contributed by atoms with Crippen molar-refractivity contribution in [1.29, 1.82) is 0 Å². The van der Waals surface area contributed by atoms with E-state index in [1.54, 1.807) is 13.8 Å². The Balaban J connectivity index is 0.00000276. The zero-order valence-electron chi connectivity index (χ0n) is 26.6. The minimum atomic E-state index is 0. The van der Waals surface area contributed by atoms with E-state index >= 15 is 0 Å². The molecule has 0 unspecified atom stereocenters. The first-order chi connectivity index (χ1) is 18.2. The summed E-state index contributed by atoms with van der Waals surface area (Å²) in [6.07, 6.45) is 9.22. The quantitative estimate of drug-likeness (QED) is 0.117. The van der Waals surface area contributed by atoms with E-state index in [1.165, 1.54) is 74.9 Å². The van der Waals surface area contributed by atoms with Gasteiger partial charge >= 0.3 is 16.5 Å². The molecule has 0 fully saturated rings. The van der Waals surface area contributed by atoms with Crippen molar-refractivity contribution in [2.24, 2.45) is 0 Å². The van der Waals surface area contributed by atoms with Gasteiger partial charge in [0.15, 0.2) is 0 Å². The number of aryl methyl sites for hydroxylation is 4. The molecule has 1 aliphatic heterocycles. The van der Waals surface area contributed by atoms with Crippen molar-refractivity contribution in [1.82, 2.24) is 0 Å². The summed E-state index contributed by atoms with van der Waals surface area (Å²) in [5, 5.41) is 0. The van der Waals surface area contributed by atoms with Crippen LogP contribution >= 0.6 is 0 Å². The number of benzene rings is 2. The number of allylic oxidation sites excluding steroid dienone is 2. The molecule has 0 atom stereocenters. The molecule has 2 nitrogen and oxygen atoms in total. The first-order valence-corrected chi connectivity index (χ1v) is 14.7. The van der Waals surface area contributed by atoms with Gasteiger partial charge in [-0.3, -0.25) is 0 Å². The Kier molecular flexibility index (Phi) is 17.4. The van der Waals surface area contributed by atoms with Crippen LogP contribution in [0.15, 0.2) is 35.4 Å². The Hall–Kier alpha value is -1.99. The standard InChI is InChI=1S/C32H44N2.2C2H5.Ni/c1-9-11-13-14-16-30-29(15-12-10-2)31(27-17-21(3)25(7)22(4)18-27)34(33)32(30)28-19-23(5)26(8)24(6)20-28;2*1-2;/h17-20H,9-16H2,1-8H3;2*1H2,2H3;/q;2*-1;+2. The molecule has 0 radical (unpaired) electrons. The molecule has 1 heterocycles. The molecule has 2 aromatic carbocycles. The third-order valence-corrected chi connectivity index (χ3v) is 7.82. The van der Waals surface area contributed by atoms with Crippen LogP contribution in [-0.2, 0) is 16.5 Å². The maximum Gasteiger partial charge on any atom is 2.00 e. The van der Waals surface area contributed by atoms with E-state index in [4.69, 9.17) is 0 Å². The van der Waals surface area contributed by atoms with Crippen molar-refractivity contribution in [3.8, 4) is 0 Å². The van der Waals surface area contributed by atoms with Crippen LogP contribution in [0.4, 0.5) is 0 Å². The summed E-state index contributed by atoms with van der Waals surface area (Å²) < 4.78 is 1.53. The van der Waals surface area contributed by atoms with Crippen molar-refractivity contribution in [3.63, 3.8) is 0 Å². The van der Waals surface area contributed by atoms with Gasteiger partial charge in [-0.25, -0.2) is 4.70 Å². The fourth-order valence-electron chi connectivity index (χ4n) is 5.21. The molecule has 0 bridgehead atoms. The number of hydrogen-bond donors (Lipinski definition) is 0. The van der Waals surface area contributed by atoms with Crippen LogP contribution in [0.1, 0.15) is 124 Å². The van der Waals surface area contributed by atoms with E-state index in [0.29, 0.717) is 0 Å². The average Bonchev–Trinajstić information content (AvgIpc) is 3.19. The predicted octanol–water partition coefficient (Wildman–Crippen LogP) is 11.5. The van der Waals surface area contributed by atoms with Gasteiger partial charge in [-0.15, -0.1) is 0 Å². The van der Waals surface area contributed by atoms with Crippen molar-refractivity contribution < 1.29 is 21.2 Å². The largest absolute Gasteiger partial charge is 2.00 e. The molecule has 0 aromatic heterocycles. The van der Waals surface area contributed by atoms with Crippen molar-refractivity contribution in [3.05, 3.63) is 99.3 Å². The van der Waals surface area contributed by atoms with Crippen LogP contribution in [0.5, 0.6) is 0 Å². The van der Waals surface area contributed by atoms with Crippen molar-refractivity contribution >= 4 is 11.4 Å². The first kappa shape index (κ1) is 37.0. The van der Waals surface area contributed by atoms with E-state index in [-0.39, 0.29) is 16.5 Å². The summed E-state index contributed by atoms with van der Waals surface area (Å²) in [4.78, 5) is 0. The molecule has 218 valence electrons. The molecule has 0 saturated carbocycles. The number of rotatable bonds is 10. The Morgan fingerprint density at radius 1 is 0.564 bits per heavy atom. The first-order valence-electron chi connectivity index (χ1n) is 14.7. The second-order valence-corrected chi connectivity index (χ2v) is 10.4. The van der Waals surface area contributed by atoms with Crippen LogP contribution in [0.25, 0.3) is 16.9 Å². The second-order valence-electron chi connectivity index (χ2n) is 10.4. The summed E-state index contributed by atoms with van der Waals surface area (Å²) in [7, 11) is 0. The third-order valence-electron chi connectivity index (χ3n) is 7.82. The van der Waals surface area contributed by atoms with E-state index in [1.807, 2.05) is 0 Å². The van der Waals surface area contributed by atoms with Crippen LogP contribution in [-0.4, -0.2) is 4.70 Å². The SMILES string of the molecule is CCCCCCC1=C(c2cc(C)c(C)c(C)c2)[N+](=[N-])C(c2cc(C)c(C)c(C)c2)=C1CCCC.[CH2-]C.[CH2-]C.[Ni+2]. The molecule has 0 saturated heterocycles. The van der Waals surface area contributed by atoms with E-state index < -0.39 is 0 Å².